The zero-order chi connectivity index (χ0) is 23.1. The number of nitrogens with one attached hydrogen (secondary N) is 2. The molecule has 0 aliphatic rings. The maximum absolute atomic E-state index is 15.2. The number of halogens is 1. The van der Waals surface area contributed by atoms with Crippen molar-refractivity contribution in [2.45, 2.75) is 0 Å². The van der Waals surface area contributed by atoms with E-state index in [1.165, 1.54) is 6.07 Å². The number of nitrogens with zero attached hydrogens (tertiary/aromatic N) is 5. The topological polar surface area (TPSA) is 100 Å². The summed E-state index contributed by atoms with van der Waals surface area (Å²) < 4.78 is 22.1. The van der Waals surface area contributed by atoms with Crippen molar-refractivity contribution < 1.29 is 13.9 Å². The minimum absolute atomic E-state index is 0.116. The number of ether oxygens (including phenoxy) is 1. The summed E-state index contributed by atoms with van der Waals surface area (Å²) in [4.78, 5) is 19.2. The molecule has 166 valence electrons. The van der Waals surface area contributed by atoms with Gasteiger partial charge in [0.15, 0.2) is 17.3 Å². The van der Waals surface area contributed by atoms with Crippen LogP contribution in [0.1, 0.15) is 10.4 Å². The fraction of sp³-hybridized carbons (Fsp3) is 0.130. The Hall–Kier alpha value is -4.47. The average molecular weight is 445 g/mol. The number of aromatic amines is 1. The van der Waals surface area contributed by atoms with Gasteiger partial charge in [0.05, 0.1) is 29.8 Å². The summed E-state index contributed by atoms with van der Waals surface area (Å²) in [5, 5.41) is 14.3. The number of benzene rings is 1. The minimum atomic E-state index is -0.564. The summed E-state index contributed by atoms with van der Waals surface area (Å²) in [5.74, 6) is -0.101. The predicted octanol–water partition coefficient (Wildman–Crippen LogP) is 3.74. The fourth-order valence-electron chi connectivity index (χ4n) is 3.71. The first-order valence-electron chi connectivity index (χ1n) is 10.1. The Labute approximate surface area is 187 Å². The number of carbonyl (C=O) groups excluding carboxylic acids is 1. The fourth-order valence-corrected chi connectivity index (χ4v) is 3.71. The van der Waals surface area contributed by atoms with Crippen molar-refractivity contribution in [2.75, 3.05) is 31.4 Å². The second-order valence-electron chi connectivity index (χ2n) is 7.61. The van der Waals surface area contributed by atoms with Crippen LogP contribution in [0.3, 0.4) is 0 Å². The van der Waals surface area contributed by atoms with Crippen molar-refractivity contribution in [3.05, 3.63) is 66.2 Å². The number of methoxy groups -OCH3 is 1. The normalized spacial score (nSPS) is 11.2. The highest BCUT2D eigenvalue weighted by molar-refractivity contribution is 6.10. The van der Waals surface area contributed by atoms with Crippen LogP contribution < -0.4 is 15.0 Å². The van der Waals surface area contributed by atoms with Crippen LogP contribution in [0.25, 0.3) is 27.8 Å². The lowest BCUT2D eigenvalue weighted by Crippen LogP contribution is -2.18. The van der Waals surface area contributed by atoms with Crippen molar-refractivity contribution in [3.8, 4) is 17.0 Å². The molecule has 2 N–H and O–H groups in total. The summed E-state index contributed by atoms with van der Waals surface area (Å²) in [6, 6.07) is 12.0. The second-order valence-corrected chi connectivity index (χ2v) is 7.61. The molecule has 0 saturated carbocycles. The van der Waals surface area contributed by atoms with Crippen molar-refractivity contribution >= 4 is 34.0 Å². The van der Waals surface area contributed by atoms with Crippen molar-refractivity contribution in [1.82, 2.24) is 24.8 Å². The Kier molecular flexibility index (Phi) is 4.89. The molecule has 5 rings (SSSR count). The van der Waals surface area contributed by atoms with Crippen molar-refractivity contribution in [2.24, 2.45) is 0 Å². The predicted molar refractivity (Wildman–Crippen MR) is 123 cm³/mol. The third-order valence-electron chi connectivity index (χ3n) is 5.35. The molecule has 10 heteroatoms. The SMILES string of the molecule is COc1ccn2ncc(-c3nc4[nH]nc(NC(=O)c5ccccc5N(C)C)c4cc3F)c2c1. The molecule has 1 aromatic carbocycles. The first-order valence-corrected chi connectivity index (χ1v) is 10.1. The van der Waals surface area contributed by atoms with E-state index in [2.05, 4.69) is 25.6 Å². The highest BCUT2D eigenvalue weighted by Crippen LogP contribution is 2.31. The summed E-state index contributed by atoms with van der Waals surface area (Å²) >= 11 is 0. The number of H-pyrrole nitrogens is 1. The quantitative estimate of drug-likeness (QED) is 0.428. The molecule has 0 aliphatic heterocycles. The number of aromatic nitrogens is 5. The van der Waals surface area contributed by atoms with Gasteiger partial charge in [-0.2, -0.15) is 10.2 Å². The Balaban J connectivity index is 1.53. The van der Waals surface area contributed by atoms with Gasteiger partial charge >= 0.3 is 0 Å². The molecule has 0 radical (unpaired) electrons. The third kappa shape index (κ3) is 3.51. The van der Waals surface area contributed by atoms with Crippen LogP contribution in [0.2, 0.25) is 0 Å². The molecule has 0 saturated heterocycles. The summed E-state index contributed by atoms with van der Waals surface area (Å²) in [7, 11) is 5.27. The van der Waals surface area contributed by atoms with E-state index in [9.17, 15) is 4.79 Å². The molecule has 9 nitrogen and oxygen atoms in total. The zero-order valence-electron chi connectivity index (χ0n) is 18.1. The van der Waals surface area contributed by atoms with Crippen LogP contribution in [0.4, 0.5) is 15.9 Å². The molecular weight excluding hydrogens is 425 g/mol. The number of amides is 1. The second kappa shape index (κ2) is 7.90. The zero-order valence-corrected chi connectivity index (χ0v) is 18.1. The van der Waals surface area contributed by atoms with E-state index < -0.39 is 5.82 Å². The summed E-state index contributed by atoms with van der Waals surface area (Å²) in [6.45, 7) is 0. The molecule has 0 atom stereocenters. The summed E-state index contributed by atoms with van der Waals surface area (Å²) in [5.41, 5.74) is 2.84. The average Bonchev–Trinajstić information content (AvgIpc) is 3.41. The van der Waals surface area contributed by atoms with Crippen molar-refractivity contribution in [1.29, 1.82) is 0 Å². The maximum atomic E-state index is 15.2. The number of para-hydroxylation sites is 1. The van der Waals surface area contributed by atoms with Gasteiger partial charge in [-0.05, 0) is 24.3 Å². The molecule has 0 fully saturated rings. The van der Waals surface area contributed by atoms with Gasteiger partial charge in [0.2, 0.25) is 0 Å². The molecule has 0 unspecified atom stereocenters. The molecule has 0 bridgehead atoms. The van der Waals surface area contributed by atoms with Gasteiger partial charge in [-0.1, -0.05) is 12.1 Å². The highest BCUT2D eigenvalue weighted by atomic mass is 19.1. The smallest absolute Gasteiger partial charge is 0.258 e. The lowest BCUT2D eigenvalue weighted by atomic mass is 10.1. The number of fused-ring (bicyclic) bond motifs is 2. The van der Waals surface area contributed by atoms with E-state index in [1.54, 1.807) is 48.3 Å². The number of anilines is 2. The highest BCUT2D eigenvalue weighted by Gasteiger charge is 2.20. The van der Waals surface area contributed by atoms with Gasteiger partial charge in [0.25, 0.3) is 5.91 Å². The Morgan fingerprint density at radius 3 is 2.82 bits per heavy atom. The molecule has 1 amide bonds. The van der Waals surface area contributed by atoms with Crippen LogP contribution in [-0.4, -0.2) is 51.9 Å². The number of pyridine rings is 2. The monoisotopic (exact) mass is 445 g/mol. The van der Waals surface area contributed by atoms with E-state index in [4.69, 9.17) is 4.74 Å². The number of rotatable bonds is 5. The van der Waals surface area contributed by atoms with E-state index in [0.717, 1.165) is 5.69 Å². The molecule has 0 spiro atoms. The van der Waals surface area contributed by atoms with Gasteiger partial charge in [0.1, 0.15) is 11.4 Å². The van der Waals surface area contributed by atoms with Crippen LogP contribution in [0.15, 0.2) is 54.9 Å². The molecule has 5 aromatic rings. The maximum Gasteiger partial charge on any atom is 0.258 e. The standard InChI is InChI=1S/C23H20FN7O2/c1-30(2)18-7-5-4-6-14(18)23(32)27-22-15-11-17(24)20(26-21(15)28-29-22)16-12-25-31-9-8-13(33-3)10-19(16)31/h4-12H,1-3H3,(H2,26,27,28,29,32). The van der Waals surface area contributed by atoms with E-state index in [0.29, 0.717) is 33.4 Å². The Bertz CT molecular complexity index is 1510. The van der Waals surface area contributed by atoms with Gasteiger partial charge in [-0.3, -0.25) is 9.89 Å². The largest absolute Gasteiger partial charge is 0.497 e. The first kappa shape index (κ1) is 20.4. The van der Waals surface area contributed by atoms with Crippen LogP contribution in [0, 0.1) is 5.82 Å². The van der Waals surface area contributed by atoms with E-state index in [-0.39, 0.29) is 17.4 Å². The molecule has 4 aromatic heterocycles. The lowest BCUT2D eigenvalue weighted by molar-refractivity contribution is 0.102. The number of hydrogen-bond donors (Lipinski definition) is 2. The first-order chi connectivity index (χ1) is 16.0. The minimum Gasteiger partial charge on any atom is -0.497 e. The van der Waals surface area contributed by atoms with Gasteiger partial charge < -0.3 is 15.0 Å². The summed E-state index contributed by atoms with van der Waals surface area (Å²) in [6.07, 6.45) is 3.27. The Morgan fingerprint density at radius 1 is 1.21 bits per heavy atom. The van der Waals surface area contributed by atoms with E-state index >= 15 is 4.39 Å². The van der Waals surface area contributed by atoms with Crippen LogP contribution in [-0.2, 0) is 0 Å². The lowest BCUT2D eigenvalue weighted by Gasteiger charge is -2.16. The van der Waals surface area contributed by atoms with Gasteiger partial charge in [-0.25, -0.2) is 13.9 Å². The molecule has 4 heterocycles. The molecule has 33 heavy (non-hydrogen) atoms. The molecule has 0 aliphatic carbocycles. The molecular formula is C23H20FN7O2. The third-order valence-corrected chi connectivity index (χ3v) is 5.35. The van der Waals surface area contributed by atoms with Gasteiger partial charge in [0, 0.05) is 37.6 Å². The van der Waals surface area contributed by atoms with Crippen LogP contribution >= 0.6 is 0 Å². The van der Waals surface area contributed by atoms with Crippen LogP contribution in [0.5, 0.6) is 5.75 Å². The number of hydrogen-bond acceptors (Lipinski definition) is 6. The van der Waals surface area contributed by atoms with Gasteiger partial charge in [-0.15, -0.1) is 0 Å². The number of carbonyl (C=O) groups is 1. The van der Waals surface area contributed by atoms with Crippen molar-refractivity contribution in [3.63, 3.8) is 0 Å². The Morgan fingerprint density at radius 2 is 2.03 bits per heavy atom. The van der Waals surface area contributed by atoms with E-state index in [1.807, 2.05) is 31.1 Å².